The molecular formula is C14H24BrN3. The predicted octanol–water partition coefficient (Wildman–Crippen LogP) is 3.29. The summed E-state index contributed by atoms with van der Waals surface area (Å²) < 4.78 is 3.40. The molecule has 18 heavy (non-hydrogen) atoms. The molecule has 1 saturated carbocycles. The number of aromatic nitrogens is 2. The maximum Gasteiger partial charge on any atom is 0.0766 e. The van der Waals surface area contributed by atoms with E-state index in [1.165, 1.54) is 41.5 Å². The van der Waals surface area contributed by atoms with Crippen molar-refractivity contribution in [3.8, 4) is 0 Å². The molecule has 0 radical (unpaired) electrons. The van der Waals surface area contributed by atoms with Gasteiger partial charge in [-0.25, -0.2) is 0 Å². The van der Waals surface area contributed by atoms with Gasteiger partial charge < -0.3 is 5.73 Å². The summed E-state index contributed by atoms with van der Waals surface area (Å²) in [4.78, 5) is 0. The van der Waals surface area contributed by atoms with Crippen LogP contribution in [-0.2, 0) is 19.4 Å². The van der Waals surface area contributed by atoms with E-state index in [0.717, 1.165) is 25.3 Å². The van der Waals surface area contributed by atoms with Crippen molar-refractivity contribution >= 4 is 15.9 Å². The number of aryl methyl sites for hydroxylation is 2. The molecule has 0 aromatic carbocycles. The van der Waals surface area contributed by atoms with Crippen molar-refractivity contribution in [2.75, 3.05) is 0 Å². The molecule has 1 fully saturated rings. The predicted molar refractivity (Wildman–Crippen MR) is 78.6 cm³/mol. The van der Waals surface area contributed by atoms with Crippen LogP contribution in [-0.4, -0.2) is 15.8 Å². The van der Waals surface area contributed by atoms with Crippen LogP contribution >= 0.6 is 15.9 Å². The lowest BCUT2D eigenvalue weighted by Gasteiger charge is -2.26. The first-order valence-electron chi connectivity index (χ1n) is 7.15. The first kappa shape index (κ1) is 14.1. The summed E-state index contributed by atoms with van der Waals surface area (Å²) in [6.45, 7) is 5.29. The molecule has 1 aromatic rings. The third-order valence-electron chi connectivity index (χ3n) is 4.07. The van der Waals surface area contributed by atoms with Gasteiger partial charge in [-0.1, -0.05) is 6.92 Å². The van der Waals surface area contributed by atoms with E-state index in [-0.39, 0.29) is 0 Å². The molecule has 0 atom stereocenters. The second kappa shape index (κ2) is 6.20. The summed E-state index contributed by atoms with van der Waals surface area (Å²) in [6, 6.07) is 0.437. The van der Waals surface area contributed by atoms with E-state index in [1.807, 2.05) is 0 Å². The molecular weight excluding hydrogens is 290 g/mol. The minimum absolute atomic E-state index is 0.437. The van der Waals surface area contributed by atoms with Crippen LogP contribution in [0.1, 0.15) is 50.9 Å². The number of hydrogen-bond acceptors (Lipinski definition) is 2. The quantitative estimate of drug-likeness (QED) is 0.927. The zero-order valence-electron chi connectivity index (χ0n) is 11.5. The lowest BCUT2D eigenvalue weighted by Crippen LogP contribution is -2.27. The highest BCUT2D eigenvalue weighted by Crippen LogP contribution is 2.30. The Labute approximate surface area is 118 Å². The first-order chi connectivity index (χ1) is 8.65. The molecule has 0 spiro atoms. The molecule has 1 aliphatic carbocycles. The Balaban J connectivity index is 2.10. The number of nitrogens with zero attached hydrogens (tertiary/aromatic N) is 2. The molecule has 4 heteroatoms. The Morgan fingerprint density at radius 2 is 1.94 bits per heavy atom. The summed E-state index contributed by atoms with van der Waals surface area (Å²) in [5, 5.41) is 4.67. The van der Waals surface area contributed by atoms with Gasteiger partial charge in [-0.15, -0.1) is 0 Å². The summed E-state index contributed by atoms with van der Waals surface area (Å²) in [5.41, 5.74) is 8.55. The number of halogens is 1. The number of hydrogen-bond donors (Lipinski definition) is 1. The molecule has 0 aliphatic heterocycles. The molecule has 0 bridgehead atoms. The topological polar surface area (TPSA) is 43.8 Å². The molecule has 1 heterocycles. The summed E-state index contributed by atoms with van der Waals surface area (Å²) in [7, 11) is 0. The van der Waals surface area contributed by atoms with Gasteiger partial charge in [0.15, 0.2) is 0 Å². The smallest absolute Gasteiger partial charge is 0.0766 e. The van der Waals surface area contributed by atoms with Gasteiger partial charge in [0.25, 0.3) is 0 Å². The van der Waals surface area contributed by atoms with Gasteiger partial charge in [-0.05, 0) is 67.3 Å². The normalized spacial score (nSPS) is 24.4. The molecule has 2 rings (SSSR count). The molecule has 0 amide bonds. The van der Waals surface area contributed by atoms with E-state index in [0.29, 0.717) is 6.04 Å². The van der Waals surface area contributed by atoms with Crippen molar-refractivity contribution in [3.63, 3.8) is 0 Å². The van der Waals surface area contributed by atoms with Gasteiger partial charge in [0.1, 0.15) is 0 Å². The van der Waals surface area contributed by atoms with Crippen LogP contribution in [0, 0.1) is 5.92 Å². The number of nitrogens with two attached hydrogens (primary N) is 1. The fourth-order valence-corrected chi connectivity index (χ4v) is 3.60. The van der Waals surface area contributed by atoms with Crippen LogP contribution < -0.4 is 5.73 Å². The lowest BCUT2D eigenvalue weighted by molar-refractivity contribution is 0.319. The molecule has 1 aromatic heterocycles. The fourth-order valence-electron chi connectivity index (χ4n) is 2.88. The first-order valence-corrected chi connectivity index (χ1v) is 7.94. The average molecular weight is 314 g/mol. The van der Waals surface area contributed by atoms with Gasteiger partial charge in [-0.2, -0.15) is 5.10 Å². The van der Waals surface area contributed by atoms with E-state index < -0.39 is 0 Å². The minimum Gasteiger partial charge on any atom is -0.328 e. The zero-order valence-corrected chi connectivity index (χ0v) is 13.0. The van der Waals surface area contributed by atoms with Gasteiger partial charge in [-0.3, -0.25) is 4.68 Å². The van der Waals surface area contributed by atoms with E-state index in [4.69, 9.17) is 5.73 Å². The van der Waals surface area contributed by atoms with Gasteiger partial charge in [0.05, 0.1) is 15.9 Å². The van der Waals surface area contributed by atoms with E-state index in [1.54, 1.807) is 0 Å². The molecule has 2 N–H and O–H groups in total. The maximum absolute atomic E-state index is 5.98. The SMILES string of the molecule is CCc1nn(CC)c(CC2CCC(N)CC2)c1Br. The van der Waals surface area contributed by atoms with Gasteiger partial charge >= 0.3 is 0 Å². The molecule has 0 saturated heterocycles. The van der Waals surface area contributed by atoms with Crippen molar-refractivity contribution in [2.24, 2.45) is 11.7 Å². The van der Waals surface area contributed by atoms with Crippen molar-refractivity contribution < 1.29 is 0 Å². The van der Waals surface area contributed by atoms with Crippen molar-refractivity contribution in [1.29, 1.82) is 0 Å². The van der Waals surface area contributed by atoms with Gasteiger partial charge in [0.2, 0.25) is 0 Å². The fraction of sp³-hybridized carbons (Fsp3) is 0.786. The standard InChI is InChI=1S/C14H24BrN3/c1-3-12-14(15)13(18(4-2)17-12)9-10-5-7-11(16)8-6-10/h10-11H,3-9,16H2,1-2H3. The third kappa shape index (κ3) is 2.97. The van der Waals surface area contributed by atoms with Crippen LogP contribution in [0.5, 0.6) is 0 Å². The highest BCUT2D eigenvalue weighted by Gasteiger charge is 2.22. The molecule has 1 aliphatic rings. The Hall–Kier alpha value is -0.350. The molecule has 102 valence electrons. The summed E-state index contributed by atoms with van der Waals surface area (Å²) >= 11 is 3.73. The van der Waals surface area contributed by atoms with Crippen molar-refractivity contribution in [3.05, 3.63) is 15.9 Å². The van der Waals surface area contributed by atoms with Crippen molar-refractivity contribution in [2.45, 2.75) is 65.0 Å². The van der Waals surface area contributed by atoms with E-state index in [9.17, 15) is 0 Å². The van der Waals surface area contributed by atoms with Crippen molar-refractivity contribution in [1.82, 2.24) is 9.78 Å². The monoisotopic (exact) mass is 313 g/mol. The highest BCUT2D eigenvalue weighted by atomic mass is 79.9. The largest absolute Gasteiger partial charge is 0.328 e. The van der Waals surface area contributed by atoms with Crippen LogP contribution in [0.25, 0.3) is 0 Å². The zero-order chi connectivity index (χ0) is 13.1. The number of rotatable bonds is 4. The van der Waals surface area contributed by atoms with Crippen LogP contribution in [0.3, 0.4) is 0 Å². The minimum atomic E-state index is 0.437. The van der Waals surface area contributed by atoms with E-state index >= 15 is 0 Å². The van der Waals surface area contributed by atoms with Crippen LogP contribution in [0.2, 0.25) is 0 Å². The third-order valence-corrected chi connectivity index (χ3v) is 4.98. The Kier molecular flexibility index (Phi) is 4.84. The summed E-state index contributed by atoms with van der Waals surface area (Å²) in [5.74, 6) is 0.785. The molecule has 0 unspecified atom stereocenters. The Morgan fingerprint density at radius 1 is 1.28 bits per heavy atom. The van der Waals surface area contributed by atoms with Gasteiger partial charge in [0, 0.05) is 12.6 Å². The lowest BCUT2D eigenvalue weighted by atomic mass is 9.84. The Morgan fingerprint density at radius 3 is 2.50 bits per heavy atom. The second-order valence-electron chi connectivity index (χ2n) is 5.36. The Bertz CT molecular complexity index is 392. The molecule has 3 nitrogen and oxygen atoms in total. The highest BCUT2D eigenvalue weighted by molar-refractivity contribution is 9.10. The average Bonchev–Trinajstić information content (AvgIpc) is 2.69. The van der Waals surface area contributed by atoms with Crippen LogP contribution in [0.15, 0.2) is 4.47 Å². The second-order valence-corrected chi connectivity index (χ2v) is 6.15. The maximum atomic E-state index is 5.98. The summed E-state index contributed by atoms with van der Waals surface area (Å²) in [6.07, 6.45) is 7.05. The van der Waals surface area contributed by atoms with Crippen LogP contribution in [0.4, 0.5) is 0 Å². The van der Waals surface area contributed by atoms with E-state index in [2.05, 4.69) is 39.6 Å².